The van der Waals surface area contributed by atoms with Crippen LogP contribution in [0.3, 0.4) is 0 Å². The van der Waals surface area contributed by atoms with E-state index in [2.05, 4.69) is 0 Å². The number of alkyl halides is 3. The van der Waals surface area contributed by atoms with E-state index in [1.165, 1.54) is 30.3 Å². The van der Waals surface area contributed by atoms with Crippen molar-refractivity contribution in [3.63, 3.8) is 0 Å². The summed E-state index contributed by atoms with van der Waals surface area (Å²) >= 11 is -4.38. The first-order chi connectivity index (χ1) is 15.3. The molecule has 0 atom stereocenters. The van der Waals surface area contributed by atoms with Crippen molar-refractivity contribution in [1.29, 1.82) is 0 Å². The Hall–Kier alpha value is -3.39. The zero-order chi connectivity index (χ0) is 22.9. The van der Waals surface area contributed by atoms with E-state index in [1.54, 1.807) is 54.6 Å². The van der Waals surface area contributed by atoms with Gasteiger partial charge in [-0.15, -0.1) is 0 Å². The molecule has 0 aliphatic heterocycles. The first kappa shape index (κ1) is 21.8. The predicted molar refractivity (Wildman–Crippen MR) is 120 cm³/mol. The second-order valence-electron chi connectivity index (χ2n) is 7.38. The number of phenolic OH excluding ortho intramolecular Hbond substituents is 3. The Morgan fingerprint density at radius 3 is 1.16 bits per heavy atom. The average molecular weight is 497 g/mol. The topological polar surface area (TPSA) is 60.7 Å². The molecule has 4 aromatic carbocycles. The van der Waals surface area contributed by atoms with Crippen LogP contribution in [0, 0.1) is 0 Å². The van der Waals surface area contributed by atoms with Gasteiger partial charge in [-0.3, -0.25) is 0 Å². The van der Waals surface area contributed by atoms with E-state index in [-0.39, 0.29) is 17.2 Å². The molecule has 0 heterocycles. The van der Waals surface area contributed by atoms with Crippen LogP contribution in [0.5, 0.6) is 17.2 Å². The SMILES string of the molecule is Oc1cccc[c]1[Ge]([c]1ccc(C(F)(F)F)cc1)([c]1ccccc1O)[c]1ccccc1O. The summed E-state index contributed by atoms with van der Waals surface area (Å²) in [6.45, 7) is 0. The molecule has 0 aliphatic rings. The van der Waals surface area contributed by atoms with Crippen LogP contribution in [-0.2, 0) is 6.18 Å². The molecule has 0 saturated carbocycles. The fourth-order valence-electron chi connectivity index (χ4n) is 4.18. The van der Waals surface area contributed by atoms with Crippen LogP contribution in [0.1, 0.15) is 5.56 Å². The maximum atomic E-state index is 13.3. The monoisotopic (exact) mass is 498 g/mol. The molecule has 32 heavy (non-hydrogen) atoms. The van der Waals surface area contributed by atoms with Crippen molar-refractivity contribution in [2.75, 3.05) is 0 Å². The summed E-state index contributed by atoms with van der Waals surface area (Å²) in [7, 11) is 0. The van der Waals surface area contributed by atoms with Gasteiger partial charge in [-0.1, -0.05) is 0 Å². The van der Waals surface area contributed by atoms with Crippen molar-refractivity contribution in [2.24, 2.45) is 0 Å². The van der Waals surface area contributed by atoms with Crippen molar-refractivity contribution in [2.45, 2.75) is 6.18 Å². The summed E-state index contributed by atoms with van der Waals surface area (Å²) in [6.07, 6.45) is -4.51. The quantitative estimate of drug-likeness (QED) is 0.380. The predicted octanol–water partition coefficient (Wildman–Crippen LogP) is 3.20. The van der Waals surface area contributed by atoms with Crippen LogP contribution in [0.25, 0.3) is 0 Å². The Morgan fingerprint density at radius 1 is 0.500 bits per heavy atom. The number of para-hydroxylation sites is 3. The normalized spacial score (nSPS) is 12.0. The number of hydrogen-bond donors (Lipinski definition) is 3. The summed E-state index contributed by atoms with van der Waals surface area (Å²) < 4.78 is 41.8. The van der Waals surface area contributed by atoms with Gasteiger partial charge in [0.05, 0.1) is 0 Å². The van der Waals surface area contributed by atoms with E-state index < -0.39 is 25.0 Å². The van der Waals surface area contributed by atoms with E-state index in [0.29, 0.717) is 17.6 Å². The van der Waals surface area contributed by atoms with Gasteiger partial charge in [-0.2, -0.15) is 0 Å². The van der Waals surface area contributed by atoms with Gasteiger partial charge in [0.15, 0.2) is 0 Å². The third kappa shape index (κ3) is 3.60. The molecular weight excluding hydrogens is 478 g/mol. The van der Waals surface area contributed by atoms with Crippen molar-refractivity contribution in [3.05, 3.63) is 103 Å². The second-order valence-corrected chi connectivity index (χ2v) is 15.1. The molecule has 0 fully saturated rings. The molecule has 0 radical (unpaired) electrons. The Kier molecular flexibility index (Phi) is 5.65. The fourth-order valence-corrected chi connectivity index (χ4v) is 14.5. The molecule has 0 aliphatic carbocycles. The van der Waals surface area contributed by atoms with Gasteiger partial charge in [-0.25, -0.2) is 0 Å². The molecule has 4 aromatic rings. The third-order valence-corrected chi connectivity index (χ3v) is 15.8. The molecule has 3 N–H and O–H groups in total. The van der Waals surface area contributed by atoms with Crippen molar-refractivity contribution in [1.82, 2.24) is 0 Å². The molecule has 4 rings (SSSR count). The van der Waals surface area contributed by atoms with Crippen LogP contribution in [0.4, 0.5) is 13.2 Å². The van der Waals surface area contributed by atoms with Gasteiger partial charge in [0, 0.05) is 0 Å². The molecule has 7 heteroatoms. The van der Waals surface area contributed by atoms with Crippen molar-refractivity contribution in [3.8, 4) is 17.2 Å². The van der Waals surface area contributed by atoms with E-state index >= 15 is 0 Å². The first-order valence-corrected chi connectivity index (χ1v) is 14.0. The average Bonchev–Trinajstić information content (AvgIpc) is 2.77. The van der Waals surface area contributed by atoms with Crippen LogP contribution in [0.2, 0.25) is 0 Å². The number of aromatic hydroxyl groups is 3. The summed E-state index contributed by atoms with van der Waals surface area (Å²) in [5, 5.41) is 32.7. The maximum absolute atomic E-state index is 13.3. The number of halogens is 3. The zero-order valence-electron chi connectivity index (χ0n) is 16.7. The Labute approximate surface area is 185 Å². The molecule has 0 spiro atoms. The van der Waals surface area contributed by atoms with E-state index in [0.717, 1.165) is 12.1 Å². The molecule has 0 aromatic heterocycles. The van der Waals surface area contributed by atoms with E-state index in [1.807, 2.05) is 0 Å². The summed E-state index contributed by atoms with van der Waals surface area (Å²) in [5.74, 6) is -0.170. The van der Waals surface area contributed by atoms with Gasteiger partial charge in [0.2, 0.25) is 0 Å². The molecule has 0 unspecified atom stereocenters. The van der Waals surface area contributed by atoms with E-state index in [4.69, 9.17) is 0 Å². The van der Waals surface area contributed by atoms with Crippen LogP contribution >= 0.6 is 0 Å². The van der Waals surface area contributed by atoms with Gasteiger partial charge in [0.25, 0.3) is 0 Å². The number of benzene rings is 4. The summed E-state index contributed by atoms with van der Waals surface area (Å²) in [6, 6.07) is 24.5. The molecule has 0 amide bonds. The molecule has 3 nitrogen and oxygen atoms in total. The minimum absolute atomic E-state index is 0.0566. The van der Waals surface area contributed by atoms with E-state index in [9.17, 15) is 28.5 Å². The molecular formula is C25H19F3GeO3. The van der Waals surface area contributed by atoms with Gasteiger partial charge in [-0.05, 0) is 0 Å². The first-order valence-electron chi connectivity index (χ1n) is 9.79. The van der Waals surface area contributed by atoms with Gasteiger partial charge >= 0.3 is 185 Å². The van der Waals surface area contributed by atoms with Gasteiger partial charge < -0.3 is 0 Å². The van der Waals surface area contributed by atoms with Crippen molar-refractivity contribution >= 4 is 30.8 Å². The van der Waals surface area contributed by atoms with Crippen LogP contribution < -0.4 is 17.6 Å². The van der Waals surface area contributed by atoms with Crippen LogP contribution in [-0.4, -0.2) is 28.6 Å². The second kappa shape index (κ2) is 8.28. The summed E-state index contributed by atoms with van der Waals surface area (Å²) in [4.78, 5) is 0. The molecule has 0 saturated heterocycles. The number of phenols is 3. The number of rotatable bonds is 4. The standard InChI is InChI=1S/C25H19F3GeO3/c26-25(27,28)17-13-15-18(16-14-17)29(19-7-1-4-10-22(19)30,20-8-2-5-11-23(20)31)21-9-3-6-12-24(21)32/h1-16,30-32H. The molecule has 0 bridgehead atoms. The summed E-state index contributed by atoms with van der Waals surface area (Å²) in [5.41, 5.74) is -0.801. The minimum atomic E-state index is -4.51. The fraction of sp³-hybridized carbons (Fsp3) is 0.0400. The molecule has 162 valence electrons. The third-order valence-electron chi connectivity index (χ3n) is 5.57. The van der Waals surface area contributed by atoms with Gasteiger partial charge in [0.1, 0.15) is 0 Å². The van der Waals surface area contributed by atoms with Crippen molar-refractivity contribution < 1.29 is 28.5 Å². The Bertz CT molecular complexity index is 1140. The Morgan fingerprint density at radius 2 is 0.844 bits per heavy atom. The Balaban J connectivity index is 2.18. The number of hydrogen-bond acceptors (Lipinski definition) is 3. The van der Waals surface area contributed by atoms with Crippen LogP contribution in [0.15, 0.2) is 97.1 Å². The zero-order valence-corrected chi connectivity index (χ0v) is 18.8.